The summed E-state index contributed by atoms with van der Waals surface area (Å²) in [5.41, 5.74) is 5.38. The van der Waals surface area contributed by atoms with Crippen molar-refractivity contribution >= 4 is 23.1 Å². The molecule has 6 rings (SSSR count). The number of anilines is 1. The number of hydrogen-bond donors (Lipinski definition) is 1. The largest absolute Gasteiger partial charge is 0.507 e. The second-order valence-electron chi connectivity index (χ2n) is 9.31. The highest BCUT2D eigenvalue weighted by molar-refractivity contribution is 6.51. The van der Waals surface area contributed by atoms with E-state index in [1.54, 1.807) is 18.2 Å². The molecule has 2 aliphatic heterocycles. The molecule has 1 saturated heterocycles. The van der Waals surface area contributed by atoms with Crippen molar-refractivity contribution in [1.29, 1.82) is 0 Å². The molecular formula is C29H25NO5. The number of aliphatic hydroxyl groups is 1. The summed E-state index contributed by atoms with van der Waals surface area (Å²) >= 11 is 0. The number of ether oxygens (including phenoxy) is 2. The Labute approximate surface area is 203 Å². The second kappa shape index (κ2) is 8.31. The van der Waals surface area contributed by atoms with Crippen LogP contribution in [0.4, 0.5) is 5.69 Å². The van der Waals surface area contributed by atoms with Gasteiger partial charge in [-0.05, 0) is 67.5 Å². The van der Waals surface area contributed by atoms with Crippen LogP contribution >= 0.6 is 0 Å². The highest BCUT2D eigenvalue weighted by Crippen LogP contribution is 2.45. The lowest BCUT2D eigenvalue weighted by atomic mass is 9.88. The average Bonchev–Trinajstić information content (AvgIpc) is 3.45. The summed E-state index contributed by atoms with van der Waals surface area (Å²) in [4.78, 5) is 28.3. The zero-order chi connectivity index (χ0) is 24.1. The molecule has 3 aromatic rings. The third kappa shape index (κ3) is 3.57. The van der Waals surface area contributed by atoms with Crippen molar-refractivity contribution in [2.24, 2.45) is 0 Å². The van der Waals surface area contributed by atoms with Gasteiger partial charge in [0.25, 0.3) is 11.7 Å². The van der Waals surface area contributed by atoms with E-state index in [-0.39, 0.29) is 18.1 Å². The number of aliphatic hydroxyl groups excluding tert-OH is 1. The van der Waals surface area contributed by atoms with Gasteiger partial charge in [0.05, 0.1) is 11.6 Å². The van der Waals surface area contributed by atoms with E-state index in [4.69, 9.17) is 9.47 Å². The number of nitrogens with zero attached hydrogens (tertiary/aromatic N) is 1. The molecule has 0 bridgehead atoms. The molecule has 3 aliphatic rings. The minimum atomic E-state index is -0.772. The Hall–Kier alpha value is -4.06. The van der Waals surface area contributed by atoms with Crippen LogP contribution in [0, 0.1) is 6.92 Å². The van der Waals surface area contributed by atoms with Gasteiger partial charge in [0.15, 0.2) is 11.5 Å². The van der Waals surface area contributed by atoms with Crippen molar-refractivity contribution in [2.45, 2.75) is 38.6 Å². The first-order valence-corrected chi connectivity index (χ1v) is 11.9. The number of ketones is 1. The number of aryl methyl sites for hydroxylation is 3. The number of amides is 1. The summed E-state index contributed by atoms with van der Waals surface area (Å²) < 4.78 is 10.9. The molecule has 1 aliphatic carbocycles. The molecule has 0 saturated carbocycles. The fraction of sp³-hybridized carbons (Fsp3) is 0.241. The first-order chi connectivity index (χ1) is 17.0. The molecule has 3 aromatic carbocycles. The standard InChI is InChI=1S/C29H25NO5/c1-17-5-4-8-20(13-17)26-25(27(31)21-10-9-18-6-2-3-7-19(18)14-21)28(32)29(33)30(26)22-11-12-23-24(15-22)35-16-34-23/h4-5,8-15,26,31H,2-3,6-7,16H2,1H3/b27-25-. The van der Waals surface area contributed by atoms with Gasteiger partial charge in [0.2, 0.25) is 6.79 Å². The van der Waals surface area contributed by atoms with Crippen LogP contribution in [-0.2, 0) is 22.4 Å². The molecular weight excluding hydrogens is 442 g/mol. The van der Waals surface area contributed by atoms with Crippen LogP contribution in [0.25, 0.3) is 5.76 Å². The Morgan fingerprint density at radius 1 is 0.914 bits per heavy atom. The molecule has 0 aromatic heterocycles. The summed E-state index contributed by atoms with van der Waals surface area (Å²) in [6, 6.07) is 17.9. The fourth-order valence-corrected chi connectivity index (χ4v) is 5.33. The maximum atomic E-state index is 13.4. The Bertz CT molecular complexity index is 1410. The molecule has 6 nitrogen and oxygen atoms in total. The Morgan fingerprint density at radius 3 is 2.54 bits per heavy atom. The van der Waals surface area contributed by atoms with Crippen LogP contribution in [0.15, 0.2) is 66.2 Å². The quantitative estimate of drug-likeness (QED) is 0.324. The van der Waals surface area contributed by atoms with Crippen molar-refractivity contribution < 1.29 is 24.2 Å². The Balaban J connectivity index is 1.53. The van der Waals surface area contributed by atoms with E-state index in [9.17, 15) is 14.7 Å². The van der Waals surface area contributed by atoms with E-state index >= 15 is 0 Å². The summed E-state index contributed by atoms with van der Waals surface area (Å²) in [6.07, 6.45) is 4.23. The average molecular weight is 468 g/mol. The number of Topliss-reactive ketones (excluding diaryl/α,β-unsaturated/α-hetero) is 1. The number of fused-ring (bicyclic) bond motifs is 2. The number of carbonyl (C=O) groups is 2. The van der Waals surface area contributed by atoms with Gasteiger partial charge in [-0.25, -0.2) is 0 Å². The topological polar surface area (TPSA) is 76.1 Å². The third-order valence-corrected chi connectivity index (χ3v) is 7.06. The fourth-order valence-electron chi connectivity index (χ4n) is 5.33. The van der Waals surface area contributed by atoms with Crippen LogP contribution in [0.1, 0.15) is 46.7 Å². The molecule has 0 spiro atoms. The van der Waals surface area contributed by atoms with Crippen molar-refractivity contribution in [2.75, 3.05) is 11.7 Å². The van der Waals surface area contributed by atoms with Crippen LogP contribution in [0.2, 0.25) is 0 Å². The van der Waals surface area contributed by atoms with Crippen LogP contribution in [-0.4, -0.2) is 23.6 Å². The lowest BCUT2D eigenvalue weighted by Gasteiger charge is -2.26. The van der Waals surface area contributed by atoms with Crippen molar-refractivity contribution in [3.05, 3.63) is 94.1 Å². The Kier molecular flexibility index (Phi) is 5.10. The monoisotopic (exact) mass is 467 g/mol. The first kappa shape index (κ1) is 21.5. The minimum Gasteiger partial charge on any atom is -0.507 e. The number of rotatable bonds is 3. The maximum Gasteiger partial charge on any atom is 0.300 e. The normalized spacial score (nSPS) is 20.3. The van der Waals surface area contributed by atoms with Gasteiger partial charge in [0, 0.05) is 17.3 Å². The van der Waals surface area contributed by atoms with Gasteiger partial charge in [0.1, 0.15) is 5.76 Å². The zero-order valence-corrected chi connectivity index (χ0v) is 19.4. The zero-order valence-electron chi connectivity index (χ0n) is 19.4. The Morgan fingerprint density at radius 2 is 1.71 bits per heavy atom. The molecule has 1 amide bonds. The van der Waals surface area contributed by atoms with E-state index in [0.717, 1.165) is 36.8 Å². The summed E-state index contributed by atoms with van der Waals surface area (Å²) in [6.45, 7) is 2.07. The smallest absolute Gasteiger partial charge is 0.300 e. The molecule has 1 atom stereocenters. The SMILES string of the molecule is Cc1cccc(C2/C(=C(/O)c3ccc4c(c3)CCCC4)C(=O)C(=O)N2c2ccc3c(c2)OCO3)c1. The maximum absolute atomic E-state index is 13.4. The van der Waals surface area contributed by atoms with Gasteiger partial charge in [-0.3, -0.25) is 14.5 Å². The van der Waals surface area contributed by atoms with Crippen molar-refractivity contribution in [3.63, 3.8) is 0 Å². The van der Waals surface area contributed by atoms with Crippen LogP contribution in [0.5, 0.6) is 11.5 Å². The van der Waals surface area contributed by atoms with E-state index in [0.29, 0.717) is 22.7 Å². The summed E-state index contributed by atoms with van der Waals surface area (Å²) in [5, 5.41) is 11.5. The van der Waals surface area contributed by atoms with Gasteiger partial charge < -0.3 is 14.6 Å². The summed E-state index contributed by atoms with van der Waals surface area (Å²) in [7, 11) is 0. The summed E-state index contributed by atoms with van der Waals surface area (Å²) in [5.74, 6) is -0.431. The predicted molar refractivity (Wildman–Crippen MR) is 132 cm³/mol. The highest BCUT2D eigenvalue weighted by Gasteiger charge is 2.47. The van der Waals surface area contributed by atoms with E-state index < -0.39 is 17.7 Å². The highest BCUT2D eigenvalue weighted by atomic mass is 16.7. The molecule has 1 N–H and O–H groups in total. The molecule has 0 radical (unpaired) electrons. The first-order valence-electron chi connectivity index (χ1n) is 11.9. The number of hydrogen-bond acceptors (Lipinski definition) is 5. The molecule has 35 heavy (non-hydrogen) atoms. The number of benzene rings is 3. The molecule has 1 unspecified atom stereocenters. The third-order valence-electron chi connectivity index (χ3n) is 7.06. The second-order valence-corrected chi connectivity index (χ2v) is 9.31. The number of carbonyl (C=O) groups excluding carboxylic acids is 2. The predicted octanol–water partition coefficient (Wildman–Crippen LogP) is 5.23. The lowest BCUT2D eigenvalue weighted by molar-refractivity contribution is -0.132. The molecule has 6 heteroatoms. The lowest BCUT2D eigenvalue weighted by Crippen LogP contribution is -2.29. The van der Waals surface area contributed by atoms with Gasteiger partial charge in [-0.1, -0.05) is 42.0 Å². The van der Waals surface area contributed by atoms with Gasteiger partial charge in [-0.2, -0.15) is 0 Å². The van der Waals surface area contributed by atoms with Crippen molar-refractivity contribution in [3.8, 4) is 11.5 Å². The van der Waals surface area contributed by atoms with E-state index in [2.05, 4.69) is 0 Å². The van der Waals surface area contributed by atoms with Crippen molar-refractivity contribution in [1.82, 2.24) is 0 Å². The molecule has 2 heterocycles. The van der Waals surface area contributed by atoms with Crippen LogP contribution < -0.4 is 14.4 Å². The minimum absolute atomic E-state index is 0.0917. The van der Waals surface area contributed by atoms with E-state index in [1.807, 2.05) is 49.4 Å². The van der Waals surface area contributed by atoms with Gasteiger partial charge in [-0.15, -0.1) is 0 Å². The van der Waals surface area contributed by atoms with E-state index in [1.165, 1.54) is 16.0 Å². The molecule has 176 valence electrons. The molecule has 1 fully saturated rings. The van der Waals surface area contributed by atoms with Gasteiger partial charge >= 0.3 is 0 Å². The van der Waals surface area contributed by atoms with Crippen LogP contribution in [0.3, 0.4) is 0 Å².